The molecule has 0 fully saturated rings. The van der Waals surface area contributed by atoms with Gasteiger partial charge in [0.15, 0.2) is 0 Å². The van der Waals surface area contributed by atoms with Crippen LogP contribution in [0, 0.1) is 6.92 Å². The highest BCUT2D eigenvalue weighted by Gasteiger charge is 2.19. The lowest BCUT2D eigenvalue weighted by Crippen LogP contribution is -2.17. The van der Waals surface area contributed by atoms with E-state index in [1.54, 1.807) is 6.26 Å². The Hall–Kier alpha value is -1.48. The molecule has 1 unspecified atom stereocenters. The van der Waals surface area contributed by atoms with Gasteiger partial charge in [-0.2, -0.15) is 0 Å². The summed E-state index contributed by atoms with van der Waals surface area (Å²) < 4.78 is 11.1. The van der Waals surface area contributed by atoms with Gasteiger partial charge in [-0.3, -0.25) is 0 Å². The fraction of sp³-hybridized carbons (Fsp3) is 0.385. The van der Waals surface area contributed by atoms with E-state index in [0.717, 1.165) is 29.3 Å². The summed E-state index contributed by atoms with van der Waals surface area (Å²) in [5.41, 5.74) is 1.12. The van der Waals surface area contributed by atoms with Crippen LogP contribution in [0.1, 0.15) is 35.8 Å². The summed E-state index contributed by atoms with van der Waals surface area (Å²) >= 11 is 0. The highest BCUT2D eigenvalue weighted by Crippen LogP contribution is 2.26. The highest BCUT2D eigenvalue weighted by molar-refractivity contribution is 5.28. The molecule has 0 bridgehead atoms. The Morgan fingerprint density at radius 3 is 2.62 bits per heavy atom. The summed E-state index contributed by atoms with van der Waals surface area (Å²) in [6.07, 6.45) is 2.62. The fourth-order valence-electron chi connectivity index (χ4n) is 1.88. The SMILES string of the molecule is CCc1ccc(C(NC)c2ccoc2C)o1. The van der Waals surface area contributed by atoms with E-state index in [0.29, 0.717) is 0 Å². The first-order chi connectivity index (χ1) is 7.76. The first-order valence-electron chi connectivity index (χ1n) is 5.56. The van der Waals surface area contributed by atoms with E-state index in [1.807, 2.05) is 32.2 Å². The highest BCUT2D eigenvalue weighted by atomic mass is 16.3. The van der Waals surface area contributed by atoms with Crippen LogP contribution in [0.2, 0.25) is 0 Å². The molecule has 0 aliphatic rings. The van der Waals surface area contributed by atoms with Crippen LogP contribution in [0.4, 0.5) is 0 Å². The summed E-state index contributed by atoms with van der Waals surface area (Å²) in [6.45, 7) is 4.05. The summed E-state index contributed by atoms with van der Waals surface area (Å²) in [6, 6.07) is 6.09. The second kappa shape index (κ2) is 4.58. The van der Waals surface area contributed by atoms with Crippen molar-refractivity contribution in [1.29, 1.82) is 0 Å². The topological polar surface area (TPSA) is 38.3 Å². The smallest absolute Gasteiger partial charge is 0.125 e. The van der Waals surface area contributed by atoms with E-state index in [9.17, 15) is 0 Å². The lowest BCUT2D eigenvalue weighted by molar-refractivity contribution is 0.429. The third-order valence-electron chi connectivity index (χ3n) is 2.81. The first-order valence-corrected chi connectivity index (χ1v) is 5.56. The Morgan fingerprint density at radius 2 is 2.12 bits per heavy atom. The summed E-state index contributed by atoms with van der Waals surface area (Å²) in [4.78, 5) is 0. The minimum absolute atomic E-state index is 0.0686. The van der Waals surface area contributed by atoms with Crippen molar-refractivity contribution < 1.29 is 8.83 Å². The number of aryl methyl sites for hydroxylation is 2. The zero-order valence-electron chi connectivity index (χ0n) is 9.91. The van der Waals surface area contributed by atoms with Crippen molar-refractivity contribution in [3.05, 3.63) is 47.3 Å². The van der Waals surface area contributed by atoms with Gasteiger partial charge in [0, 0.05) is 12.0 Å². The van der Waals surface area contributed by atoms with E-state index in [2.05, 4.69) is 12.2 Å². The van der Waals surface area contributed by atoms with Gasteiger partial charge in [-0.25, -0.2) is 0 Å². The van der Waals surface area contributed by atoms with Gasteiger partial charge in [0.2, 0.25) is 0 Å². The van der Waals surface area contributed by atoms with Gasteiger partial charge in [0.05, 0.1) is 12.3 Å². The third-order valence-corrected chi connectivity index (χ3v) is 2.81. The Bertz CT molecular complexity index is 456. The van der Waals surface area contributed by atoms with E-state index in [4.69, 9.17) is 8.83 Å². The predicted molar refractivity (Wildman–Crippen MR) is 62.4 cm³/mol. The Kier molecular flexibility index (Phi) is 3.15. The molecule has 86 valence electrons. The summed E-state index contributed by atoms with van der Waals surface area (Å²) in [5, 5.41) is 3.25. The fourth-order valence-corrected chi connectivity index (χ4v) is 1.88. The van der Waals surface area contributed by atoms with Crippen molar-refractivity contribution in [3.8, 4) is 0 Å². The minimum atomic E-state index is 0.0686. The van der Waals surface area contributed by atoms with Gasteiger partial charge in [-0.1, -0.05) is 6.92 Å². The van der Waals surface area contributed by atoms with Crippen LogP contribution in [0.15, 0.2) is 33.3 Å². The molecular weight excluding hydrogens is 202 g/mol. The van der Waals surface area contributed by atoms with Crippen LogP contribution in [0.25, 0.3) is 0 Å². The Labute approximate surface area is 95.5 Å². The molecule has 3 heteroatoms. The molecule has 0 saturated heterocycles. The zero-order chi connectivity index (χ0) is 11.5. The monoisotopic (exact) mass is 219 g/mol. The van der Waals surface area contributed by atoms with Crippen molar-refractivity contribution >= 4 is 0 Å². The van der Waals surface area contributed by atoms with E-state index in [-0.39, 0.29) is 6.04 Å². The van der Waals surface area contributed by atoms with Crippen molar-refractivity contribution in [2.24, 2.45) is 0 Å². The molecule has 0 radical (unpaired) electrons. The summed E-state index contributed by atoms with van der Waals surface area (Å²) in [7, 11) is 1.92. The average molecular weight is 219 g/mol. The van der Waals surface area contributed by atoms with Crippen LogP contribution >= 0.6 is 0 Å². The lowest BCUT2D eigenvalue weighted by Gasteiger charge is -2.12. The van der Waals surface area contributed by atoms with Crippen molar-refractivity contribution in [1.82, 2.24) is 5.32 Å². The Morgan fingerprint density at radius 1 is 1.31 bits per heavy atom. The molecule has 0 aliphatic heterocycles. The molecule has 0 aromatic carbocycles. The van der Waals surface area contributed by atoms with Crippen LogP contribution in [-0.4, -0.2) is 7.05 Å². The molecule has 2 aromatic rings. The number of furan rings is 2. The zero-order valence-corrected chi connectivity index (χ0v) is 9.91. The number of rotatable bonds is 4. The van der Waals surface area contributed by atoms with Crippen molar-refractivity contribution in [2.45, 2.75) is 26.3 Å². The molecule has 0 saturated carbocycles. The molecule has 1 atom stereocenters. The van der Waals surface area contributed by atoms with E-state index < -0.39 is 0 Å². The molecule has 2 aromatic heterocycles. The summed E-state index contributed by atoms with van der Waals surface area (Å²) in [5.74, 6) is 2.87. The number of nitrogens with one attached hydrogen (secondary N) is 1. The molecule has 1 N–H and O–H groups in total. The van der Waals surface area contributed by atoms with Crippen LogP contribution < -0.4 is 5.32 Å². The average Bonchev–Trinajstić information content (AvgIpc) is 2.90. The lowest BCUT2D eigenvalue weighted by atomic mass is 10.1. The normalized spacial score (nSPS) is 12.9. The van der Waals surface area contributed by atoms with Crippen molar-refractivity contribution in [3.63, 3.8) is 0 Å². The molecule has 0 spiro atoms. The van der Waals surface area contributed by atoms with Crippen LogP contribution in [0.3, 0.4) is 0 Å². The molecule has 3 nitrogen and oxygen atoms in total. The third kappa shape index (κ3) is 1.91. The van der Waals surface area contributed by atoms with E-state index in [1.165, 1.54) is 0 Å². The maximum absolute atomic E-state index is 5.76. The molecule has 2 rings (SSSR count). The quantitative estimate of drug-likeness (QED) is 0.858. The van der Waals surface area contributed by atoms with Crippen LogP contribution in [-0.2, 0) is 6.42 Å². The van der Waals surface area contributed by atoms with Gasteiger partial charge in [-0.05, 0) is 32.2 Å². The standard InChI is InChI=1S/C13H17NO2/c1-4-10-5-6-12(16-10)13(14-3)11-7-8-15-9(11)2/h5-8,13-14H,4H2,1-3H3. The molecule has 0 aliphatic carbocycles. The van der Waals surface area contributed by atoms with Crippen molar-refractivity contribution in [2.75, 3.05) is 7.05 Å². The van der Waals surface area contributed by atoms with Gasteiger partial charge in [0.25, 0.3) is 0 Å². The maximum Gasteiger partial charge on any atom is 0.125 e. The largest absolute Gasteiger partial charge is 0.469 e. The predicted octanol–water partition coefficient (Wildman–Crippen LogP) is 3.05. The minimum Gasteiger partial charge on any atom is -0.469 e. The number of hydrogen-bond acceptors (Lipinski definition) is 3. The molecule has 16 heavy (non-hydrogen) atoms. The maximum atomic E-state index is 5.76. The van der Waals surface area contributed by atoms with Gasteiger partial charge in [-0.15, -0.1) is 0 Å². The van der Waals surface area contributed by atoms with E-state index >= 15 is 0 Å². The first kappa shape index (κ1) is 11.0. The second-order valence-electron chi connectivity index (χ2n) is 3.81. The number of hydrogen-bond donors (Lipinski definition) is 1. The Balaban J connectivity index is 2.32. The van der Waals surface area contributed by atoms with Crippen LogP contribution in [0.5, 0.6) is 0 Å². The molecule has 0 amide bonds. The second-order valence-corrected chi connectivity index (χ2v) is 3.81. The van der Waals surface area contributed by atoms with Gasteiger partial charge in [0.1, 0.15) is 17.3 Å². The van der Waals surface area contributed by atoms with Gasteiger partial charge < -0.3 is 14.2 Å². The van der Waals surface area contributed by atoms with Gasteiger partial charge >= 0.3 is 0 Å². The molecular formula is C13H17NO2. The molecule has 2 heterocycles.